The Bertz CT molecular complexity index is 940. The lowest BCUT2D eigenvalue weighted by Gasteiger charge is -2.16. The predicted molar refractivity (Wildman–Crippen MR) is 111 cm³/mol. The lowest BCUT2D eigenvalue weighted by molar-refractivity contribution is -0.113. The third-order valence-electron chi connectivity index (χ3n) is 3.77. The average molecular weight is 403 g/mol. The fraction of sp³-hybridized carbons (Fsp3) is 0.333. The molecule has 0 radical (unpaired) electrons. The zero-order valence-electron chi connectivity index (χ0n) is 15.7. The quantitative estimate of drug-likeness (QED) is 0.501. The molecule has 0 bridgehead atoms. The predicted octanol–water partition coefficient (Wildman–Crippen LogP) is 3.45. The van der Waals surface area contributed by atoms with Crippen LogP contribution in [0.5, 0.6) is 0 Å². The van der Waals surface area contributed by atoms with Gasteiger partial charge in [-0.15, -0.1) is 21.5 Å². The van der Waals surface area contributed by atoms with E-state index in [4.69, 9.17) is 5.84 Å². The summed E-state index contributed by atoms with van der Waals surface area (Å²) in [6.07, 6.45) is 0. The highest BCUT2D eigenvalue weighted by atomic mass is 32.2. The second kappa shape index (κ2) is 7.69. The first-order valence-corrected chi connectivity index (χ1v) is 10.3. The van der Waals surface area contributed by atoms with E-state index in [0.717, 1.165) is 11.3 Å². The van der Waals surface area contributed by atoms with Crippen molar-refractivity contribution in [2.45, 2.75) is 38.3 Å². The van der Waals surface area contributed by atoms with E-state index in [9.17, 15) is 4.79 Å². The second-order valence-electron chi connectivity index (χ2n) is 7.17. The van der Waals surface area contributed by atoms with Crippen molar-refractivity contribution in [1.82, 2.24) is 19.9 Å². The van der Waals surface area contributed by atoms with E-state index in [-0.39, 0.29) is 17.1 Å². The van der Waals surface area contributed by atoms with Gasteiger partial charge in [0, 0.05) is 16.4 Å². The first-order chi connectivity index (χ1) is 12.7. The van der Waals surface area contributed by atoms with Crippen LogP contribution in [0, 0.1) is 6.92 Å². The van der Waals surface area contributed by atoms with Crippen molar-refractivity contribution >= 4 is 34.1 Å². The fourth-order valence-electron chi connectivity index (χ4n) is 2.36. The summed E-state index contributed by atoms with van der Waals surface area (Å²) in [6, 6.07) is 8.12. The molecule has 0 atom stereocenters. The van der Waals surface area contributed by atoms with Crippen LogP contribution in [0.1, 0.15) is 32.2 Å². The van der Waals surface area contributed by atoms with Gasteiger partial charge in [-0.1, -0.05) is 62.4 Å². The SMILES string of the molecule is Cc1ccc(-c2csc(NC(=O)CSc3nnc(C(C)(C)C)n3N)n2)cc1. The second-order valence-corrected chi connectivity index (χ2v) is 8.97. The van der Waals surface area contributed by atoms with Gasteiger partial charge in [-0.05, 0) is 6.92 Å². The molecular weight excluding hydrogens is 380 g/mol. The third-order valence-corrected chi connectivity index (χ3v) is 5.47. The molecule has 0 spiro atoms. The number of benzene rings is 1. The number of amides is 1. The lowest BCUT2D eigenvalue weighted by atomic mass is 9.96. The summed E-state index contributed by atoms with van der Waals surface area (Å²) in [5.41, 5.74) is 2.86. The van der Waals surface area contributed by atoms with Crippen LogP contribution in [0.25, 0.3) is 11.3 Å². The molecule has 0 unspecified atom stereocenters. The highest BCUT2D eigenvalue weighted by Crippen LogP contribution is 2.26. The molecule has 0 saturated heterocycles. The average Bonchev–Trinajstić information content (AvgIpc) is 3.20. The van der Waals surface area contributed by atoms with Crippen molar-refractivity contribution in [2.24, 2.45) is 0 Å². The minimum atomic E-state index is -0.212. The van der Waals surface area contributed by atoms with Gasteiger partial charge in [-0.2, -0.15) is 0 Å². The van der Waals surface area contributed by atoms with Crippen molar-refractivity contribution in [1.29, 1.82) is 0 Å². The molecule has 3 aromatic rings. The normalized spacial score (nSPS) is 11.6. The molecule has 3 N–H and O–H groups in total. The summed E-state index contributed by atoms with van der Waals surface area (Å²) < 4.78 is 1.44. The number of hydrogen-bond donors (Lipinski definition) is 2. The van der Waals surface area contributed by atoms with Crippen LogP contribution in [0.2, 0.25) is 0 Å². The van der Waals surface area contributed by atoms with Gasteiger partial charge in [-0.25, -0.2) is 9.66 Å². The van der Waals surface area contributed by atoms with Crippen LogP contribution in [0.3, 0.4) is 0 Å². The first-order valence-electron chi connectivity index (χ1n) is 8.40. The maximum absolute atomic E-state index is 12.2. The van der Waals surface area contributed by atoms with Crippen molar-refractivity contribution in [3.05, 3.63) is 41.0 Å². The van der Waals surface area contributed by atoms with Gasteiger partial charge in [0.25, 0.3) is 0 Å². The van der Waals surface area contributed by atoms with Gasteiger partial charge in [-0.3, -0.25) is 4.79 Å². The number of nitrogens with zero attached hydrogens (tertiary/aromatic N) is 4. The van der Waals surface area contributed by atoms with Gasteiger partial charge in [0.1, 0.15) is 0 Å². The van der Waals surface area contributed by atoms with Crippen molar-refractivity contribution < 1.29 is 4.79 Å². The molecule has 0 aliphatic rings. The molecule has 2 heterocycles. The number of thiazole rings is 1. The molecule has 3 rings (SSSR count). The topological polar surface area (TPSA) is 98.7 Å². The summed E-state index contributed by atoms with van der Waals surface area (Å²) in [6.45, 7) is 8.07. The summed E-state index contributed by atoms with van der Waals surface area (Å²) in [7, 11) is 0. The highest BCUT2D eigenvalue weighted by molar-refractivity contribution is 7.99. The summed E-state index contributed by atoms with van der Waals surface area (Å²) in [5, 5.41) is 14.0. The van der Waals surface area contributed by atoms with E-state index in [2.05, 4.69) is 20.5 Å². The Labute approximate surface area is 166 Å². The third kappa shape index (κ3) is 4.67. The molecule has 7 nitrogen and oxygen atoms in total. The molecule has 2 aromatic heterocycles. The van der Waals surface area contributed by atoms with Crippen LogP contribution in [0.4, 0.5) is 5.13 Å². The highest BCUT2D eigenvalue weighted by Gasteiger charge is 2.23. The first kappa shape index (κ1) is 19.4. The molecule has 0 saturated carbocycles. The fourth-order valence-corrected chi connectivity index (χ4v) is 3.75. The Balaban J connectivity index is 1.59. The molecular formula is C18H22N6OS2. The van der Waals surface area contributed by atoms with Gasteiger partial charge in [0.15, 0.2) is 11.0 Å². The number of nitrogen functional groups attached to an aromatic ring is 1. The van der Waals surface area contributed by atoms with Crippen LogP contribution in [-0.2, 0) is 10.2 Å². The molecule has 0 fully saturated rings. The van der Waals surface area contributed by atoms with E-state index >= 15 is 0 Å². The molecule has 1 amide bonds. The lowest BCUT2D eigenvalue weighted by Crippen LogP contribution is -2.24. The number of aryl methyl sites for hydroxylation is 1. The van der Waals surface area contributed by atoms with E-state index in [1.807, 2.05) is 57.3 Å². The number of hydrogen-bond acceptors (Lipinski definition) is 7. The van der Waals surface area contributed by atoms with Gasteiger partial charge in [0.05, 0.1) is 11.4 Å². The Morgan fingerprint density at radius 3 is 2.59 bits per heavy atom. The number of carbonyl (C=O) groups is 1. The monoisotopic (exact) mass is 402 g/mol. The number of aromatic nitrogens is 4. The van der Waals surface area contributed by atoms with Crippen molar-refractivity contribution in [3.63, 3.8) is 0 Å². The number of thioether (sulfide) groups is 1. The van der Waals surface area contributed by atoms with Crippen LogP contribution in [-0.4, -0.2) is 31.5 Å². The van der Waals surface area contributed by atoms with Crippen LogP contribution >= 0.6 is 23.1 Å². The van der Waals surface area contributed by atoms with E-state index < -0.39 is 0 Å². The molecule has 1 aromatic carbocycles. The maximum Gasteiger partial charge on any atom is 0.236 e. The minimum absolute atomic E-state index is 0.162. The minimum Gasteiger partial charge on any atom is -0.336 e. The molecule has 0 aliphatic heterocycles. The standard InChI is InChI=1S/C18H22N6OS2/c1-11-5-7-12(8-6-11)13-9-26-16(20-13)21-14(25)10-27-17-23-22-15(24(17)19)18(2,3)4/h5-9H,10,19H2,1-4H3,(H,20,21,25). The smallest absolute Gasteiger partial charge is 0.236 e. The summed E-state index contributed by atoms with van der Waals surface area (Å²) in [5.74, 6) is 6.73. The van der Waals surface area contributed by atoms with Gasteiger partial charge >= 0.3 is 0 Å². The van der Waals surface area contributed by atoms with Crippen molar-refractivity contribution in [3.8, 4) is 11.3 Å². The van der Waals surface area contributed by atoms with Gasteiger partial charge < -0.3 is 11.2 Å². The Hall–Kier alpha value is -2.39. The Morgan fingerprint density at radius 1 is 1.26 bits per heavy atom. The van der Waals surface area contributed by atoms with E-state index in [1.54, 1.807) is 0 Å². The molecule has 27 heavy (non-hydrogen) atoms. The van der Waals surface area contributed by atoms with Gasteiger partial charge in [0.2, 0.25) is 11.1 Å². The molecule has 142 valence electrons. The summed E-state index contributed by atoms with van der Waals surface area (Å²) in [4.78, 5) is 16.7. The molecule has 9 heteroatoms. The van der Waals surface area contributed by atoms with Crippen LogP contribution < -0.4 is 11.2 Å². The molecule has 0 aliphatic carbocycles. The number of carbonyl (C=O) groups excluding carboxylic acids is 1. The Morgan fingerprint density at radius 2 is 1.96 bits per heavy atom. The number of anilines is 1. The Kier molecular flexibility index (Phi) is 5.52. The van der Waals surface area contributed by atoms with Crippen molar-refractivity contribution in [2.75, 3.05) is 16.9 Å². The van der Waals surface area contributed by atoms with E-state index in [0.29, 0.717) is 16.1 Å². The maximum atomic E-state index is 12.2. The zero-order chi connectivity index (χ0) is 19.6. The van der Waals surface area contributed by atoms with E-state index in [1.165, 1.54) is 33.3 Å². The number of nitrogens with one attached hydrogen (secondary N) is 1. The zero-order valence-corrected chi connectivity index (χ0v) is 17.3. The largest absolute Gasteiger partial charge is 0.336 e. The van der Waals surface area contributed by atoms with Crippen LogP contribution in [0.15, 0.2) is 34.8 Å². The summed E-state index contributed by atoms with van der Waals surface area (Å²) >= 11 is 2.64. The number of rotatable bonds is 5. The number of nitrogens with two attached hydrogens (primary N) is 1.